The maximum Gasteiger partial charge on any atom is 0.252 e. The predicted molar refractivity (Wildman–Crippen MR) is 95.6 cm³/mol. The average molecular weight is 342 g/mol. The Balaban J connectivity index is 2.17. The van der Waals surface area contributed by atoms with Gasteiger partial charge in [-0.1, -0.05) is 38.5 Å². The minimum atomic E-state index is -0.778. The van der Waals surface area contributed by atoms with Crippen LogP contribution in [0.5, 0.6) is 11.5 Å². The lowest BCUT2D eigenvalue weighted by molar-refractivity contribution is -0.119. The highest BCUT2D eigenvalue weighted by Gasteiger charge is 2.27. The average Bonchev–Trinajstić information content (AvgIpc) is 2.60. The van der Waals surface area contributed by atoms with Crippen LogP contribution in [0.25, 0.3) is 0 Å². The van der Waals surface area contributed by atoms with Gasteiger partial charge in [0.2, 0.25) is 5.91 Å². The van der Waals surface area contributed by atoms with Crippen molar-refractivity contribution in [3.05, 3.63) is 54.1 Å². The maximum absolute atomic E-state index is 12.6. The van der Waals surface area contributed by atoms with Crippen LogP contribution in [0.2, 0.25) is 0 Å². The van der Waals surface area contributed by atoms with Crippen molar-refractivity contribution in [2.45, 2.75) is 26.3 Å². The van der Waals surface area contributed by atoms with Crippen LogP contribution in [-0.2, 0) is 4.79 Å². The van der Waals surface area contributed by atoms with Crippen molar-refractivity contribution in [3.8, 4) is 11.5 Å². The van der Waals surface area contributed by atoms with E-state index in [1.807, 2.05) is 13.8 Å². The van der Waals surface area contributed by atoms with E-state index in [0.29, 0.717) is 6.42 Å². The number of phenols is 2. The number of nitrogens with one attached hydrogen (secondary N) is 2. The van der Waals surface area contributed by atoms with Gasteiger partial charge < -0.3 is 20.8 Å². The number of hydrogen-bond acceptors (Lipinski definition) is 4. The van der Waals surface area contributed by atoms with Gasteiger partial charge in [-0.15, -0.1) is 0 Å². The summed E-state index contributed by atoms with van der Waals surface area (Å²) >= 11 is 0. The van der Waals surface area contributed by atoms with Crippen molar-refractivity contribution in [1.29, 1.82) is 0 Å². The number of benzene rings is 2. The molecule has 6 nitrogen and oxygen atoms in total. The fraction of sp³-hybridized carbons (Fsp3) is 0.263. The molecule has 2 atom stereocenters. The number of rotatable bonds is 6. The minimum Gasteiger partial charge on any atom is -0.508 e. The Morgan fingerprint density at radius 2 is 1.80 bits per heavy atom. The largest absolute Gasteiger partial charge is 0.508 e. The molecule has 0 aromatic heterocycles. The smallest absolute Gasteiger partial charge is 0.252 e. The van der Waals surface area contributed by atoms with E-state index in [1.54, 1.807) is 30.3 Å². The molecule has 0 aliphatic heterocycles. The first kappa shape index (κ1) is 18.3. The summed E-state index contributed by atoms with van der Waals surface area (Å²) in [6, 6.07) is 11.5. The van der Waals surface area contributed by atoms with E-state index in [0.717, 1.165) is 0 Å². The second kappa shape index (κ2) is 8.19. The van der Waals surface area contributed by atoms with E-state index < -0.39 is 17.9 Å². The number of amides is 2. The second-order valence-corrected chi connectivity index (χ2v) is 5.89. The fourth-order valence-electron chi connectivity index (χ4n) is 2.36. The zero-order chi connectivity index (χ0) is 18.4. The number of hydrogen-bond donors (Lipinski definition) is 4. The number of anilines is 1. The second-order valence-electron chi connectivity index (χ2n) is 5.89. The van der Waals surface area contributed by atoms with Crippen molar-refractivity contribution < 1.29 is 19.8 Å². The van der Waals surface area contributed by atoms with E-state index >= 15 is 0 Å². The van der Waals surface area contributed by atoms with Crippen LogP contribution < -0.4 is 10.6 Å². The Morgan fingerprint density at radius 1 is 1.08 bits per heavy atom. The molecule has 25 heavy (non-hydrogen) atoms. The number of para-hydroxylation sites is 2. The molecule has 0 bridgehead atoms. The molecule has 2 rings (SSSR count). The molecule has 0 fully saturated rings. The summed E-state index contributed by atoms with van der Waals surface area (Å²) in [5.74, 6) is -1.05. The van der Waals surface area contributed by atoms with Gasteiger partial charge in [0.05, 0.1) is 5.69 Å². The Labute approximate surface area is 146 Å². The van der Waals surface area contributed by atoms with E-state index in [-0.39, 0.29) is 28.7 Å². The first-order valence-electron chi connectivity index (χ1n) is 8.11. The molecular weight excluding hydrogens is 320 g/mol. The highest BCUT2D eigenvalue weighted by atomic mass is 16.3. The standard InChI is InChI=1S/C19H22N2O4/c1-3-12(2)17(19(25)20-15-9-4-5-10-16(15)23)21-18(24)13-7-6-8-14(22)11-13/h4-12,17,22-23H,3H2,1-2H3,(H,20,25)(H,21,24)/t12-,17-/m0/s1. The van der Waals surface area contributed by atoms with Gasteiger partial charge in [0, 0.05) is 5.56 Å². The van der Waals surface area contributed by atoms with Gasteiger partial charge in [0.25, 0.3) is 5.91 Å². The monoisotopic (exact) mass is 342 g/mol. The number of aromatic hydroxyl groups is 2. The van der Waals surface area contributed by atoms with E-state index in [9.17, 15) is 19.8 Å². The zero-order valence-corrected chi connectivity index (χ0v) is 14.2. The number of carbonyl (C=O) groups is 2. The third kappa shape index (κ3) is 4.73. The molecule has 2 amide bonds. The van der Waals surface area contributed by atoms with E-state index in [4.69, 9.17) is 0 Å². The topological polar surface area (TPSA) is 98.7 Å². The van der Waals surface area contributed by atoms with Crippen LogP contribution in [0.3, 0.4) is 0 Å². The molecule has 0 radical (unpaired) electrons. The summed E-state index contributed by atoms with van der Waals surface area (Å²) in [7, 11) is 0. The maximum atomic E-state index is 12.6. The van der Waals surface area contributed by atoms with Crippen molar-refractivity contribution in [1.82, 2.24) is 5.32 Å². The number of carbonyl (C=O) groups excluding carboxylic acids is 2. The van der Waals surface area contributed by atoms with E-state index in [1.165, 1.54) is 18.2 Å². The highest BCUT2D eigenvalue weighted by Crippen LogP contribution is 2.22. The van der Waals surface area contributed by atoms with Crippen LogP contribution in [0.1, 0.15) is 30.6 Å². The van der Waals surface area contributed by atoms with Gasteiger partial charge in [0.15, 0.2) is 0 Å². The van der Waals surface area contributed by atoms with Crippen LogP contribution >= 0.6 is 0 Å². The van der Waals surface area contributed by atoms with Crippen molar-refractivity contribution in [2.24, 2.45) is 5.92 Å². The summed E-state index contributed by atoms with van der Waals surface area (Å²) in [6.07, 6.45) is 0.680. The van der Waals surface area contributed by atoms with Gasteiger partial charge >= 0.3 is 0 Å². The first-order valence-corrected chi connectivity index (χ1v) is 8.11. The van der Waals surface area contributed by atoms with Crippen LogP contribution in [0.15, 0.2) is 48.5 Å². The van der Waals surface area contributed by atoms with Crippen LogP contribution in [0, 0.1) is 5.92 Å². The third-order valence-electron chi connectivity index (χ3n) is 4.05. The van der Waals surface area contributed by atoms with E-state index in [2.05, 4.69) is 10.6 Å². The van der Waals surface area contributed by atoms with Crippen molar-refractivity contribution in [3.63, 3.8) is 0 Å². The molecule has 0 heterocycles. The molecule has 2 aromatic rings. The van der Waals surface area contributed by atoms with Gasteiger partial charge in [0.1, 0.15) is 17.5 Å². The molecule has 4 N–H and O–H groups in total. The molecule has 0 spiro atoms. The minimum absolute atomic E-state index is 0.0219. The quantitative estimate of drug-likeness (QED) is 0.607. The lowest BCUT2D eigenvalue weighted by Gasteiger charge is -2.23. The summed E-state index contributed by atoms with van der Waals surface area (Å²) in [5, 5.41) is 24.6. The molecular formula is C19H22N2O4. The molecule has 132 valence electrons. The summed E-state index contributed by atoms with van der Waals surface area (Å²) in [5.41, 5.74) is 0.552. The predicted octanol–water partition coefficient (Wildman–Crippen LogP) is 2.88. The summed E-state index contributed by atoms with van der Waals surface area (Å²) in [6.45, 7) is 3.78. The van der Waals surface area contributed by atoms with Gasteiger partial charge in [-0.25, -0.2) is 0 Å². The van der Waals surface area contributed by atoms with Gasteiger partial charge in [-0.05, 0) is 36.2 Å². The SMILES string of the molecule is CC[C@H](C)[C@H](NC(=O)c1cccc(O)c1)C(=O)Nc1ccccc1O. The Bertz CT molecular complexity index is 761. The number of phenolic OH excluding ortho intramolecular Hbond substituents is 2. The summed E-state index contributed by atoms with van der Waals surface area (Å²) in [4.78, 5) is 25.0. The first-order chi connectivity index (χ1) is 11.9. The molecule has 0 unspecified atom stereocenters. The van der Waals surface area contributed by atoms with Crippen LogP contribution in [0.4, 0.5) is 5.69 Å². The normalized spacial score (nSPS) is 12.9. The molecule has 0 aliphatic rings. The molecule has 6 heteroatoms. The lowest BCUT2D eigenvalue weighted by atomic mass is 9.97. The highest BCUT2D eigenvalue weighted by molar-refractivity contribution is 6.01. The fourth-order valence-corrected chi connectivity index (χ4v) is 2.36. The van der Waals surface area contributed by atoms with Crippen molar-refractivity contribution >= 4 is 17.5 Å². The lowest BCUT2D eigenvalue weighted by Crippen LogP contribution is -2.47. The zero-order valence-electron chi connectivity index (χ0n) is 14.2. The van der Waals surface area contributed by atoms with Crippen molar-refractivity contribution in [2.75, 3.05) is 5.32 Å². The van der Waals surface area contributed by atoms with Gasteiger partial charge in [-0.3, -0.25) is 9.59 Å². The molecule has 0 aliphatic carbocycles. The Morgan fingerprint density at radius 3 is 2.44 bits per heavy atom. The third-order valence-corrected chi connectivity index (χ3v) is 4.05. The Hall–Kier alpha value is -3.02. The van der Waals surface area contributed by atoms with Gasteiger partial charge in [-0.2, -0.15) is 0 Å². The summed E-state index contributed by atoms with van der Waals surface area (Å²) < 4.78 is 0. The molecule has 0 saturated heterocycles. The molecule has 2 aromatic carbocycles. The Kier molecular flexibility index (Phi) is 6.00. The molecule has 0 saturated carbocycles. The van der Waals surface area contributed by atoms with Crippen LogP contribution in [-0.4, -0.2) is 28.1 Å².